The summed E-state index contributed by atoms with van der Waals surface area (Å²) in [5.74, 6) is -4.21. The number of hydrogen-bond acceptors (Lipinski definition) is 21. The second-order valence-corrected chi connectivity index (χ2v) is 40.1. The minimum atomic E-state index is -1.03. The van der Waals surface area contributed by atoms with E-state index in [9.17, 15) is 62.3 Å². The molecule has 11 atom stereocenters. The lowest BCUT2D eigenvalue weighted by atomic mass is 10.0. The monoisotopic (exact) mass is 2080 g/mol. The molecule has 2 aliphatic heterocycles. The van der Waals surface area contributed by atoms with E-state index in [1.807, 2.05) is 266 Å². The van der Waals surface area contributed by atoms with Gasteiger partial charge in [-0.2, -0.15) is 11.8 Å². The molecule has 0 radical (unpaired) electrons. The van der Waals surface area contributed by atoms with Gasteiger partial charge in [-0.25, -0.2) is 0 Å². The minimum absolute atomic E-state index is 0.0278. The first-order valence-electron chi connectivity index (χ1n) is 53.1. The van der Waals surface area contributed by atoms with Gasteiger partial charge in [0.2, 0.25) is 82.7 Å². The highest BCUT2D eigenvalue weighted by molar-refractivity contribution is 8.00. The molecule has 2 aliphatic rings. The van der Waals surface area contributed by atoms with Crippen molar-refractivity contribution >= 4 is 94.5 Å². The molecule has 0 aliphatic carbocycles. The van der Waals surface area contributed by atoms with Crippen molar-refractivity contribution in [2.75, 3.05) is 137 Å². The lowest BCUT2D eigenvalue weighted by Crippen LogP contribution is -2.53. The standard InChI is InChI=1S/C60H86N10O7.C55H78N10O7S/c1-7-64(37-23-20-34-61)55(72)43-69(48(4)53-30-16-10-17-31-53)60(77)45-70(49(5)54-32-18-11-19-33-54)59(76)41-66(39-25-22-36-63)57(74)44-68(47(3)52-28-14-9-15-29-52)58(75)40-65(38-24-21-35-62)56(73)42-67(50(6)71)46(2)51-26-12-8-13-27-51;1-38(43-21-9-6-10-22-43)63(42(5)66)35-51(69)62(32-20-18-30-56)34-52(70)65(40(3)45-25-13-8-14-26-45)36-53(71)64(39(2)44-23-11-7-12-24-44)33-50(68)61-46(55(57)72)27-17-19-31-58-49(67)29-16-15-28-48-54-47(37-73-48)59-41(4)60-54/h8-19,26-33,46-49H,7,20-25,34-45,61-63H2,1-6H3;6-14,21-26,38-40,46-48,54,59-60H,4,15-20,27-37,56H2,1-3,5H3,(H2,57,72)(H,58,67)(H,61,68)/t46-,47-,48-,49-;38-,39-,40-,46-,47-,48?,54-/m00/s1. The number of carbonyl (C=O) groups excluding carboxylic acids is 14. The number of carbonyl (C=O) groups is 14. The van der Waals surface area contributed by atoms with Gasteiger partial charge >= 0.3 is 0 Å². The molecule has 14 amide bonds. The number of amides is 14. The summed E-state index contributed by atoms with van der Waals surface area (Å²) in [5, 5.41) is 13.0. The largest absolute Gasteiger partial charge is 0.368 e. The Hall–Kier alpha value is -13.4. The van der Waals surface area contributed by atoms with Gasteiger partial charge in [0.15, 0.2) is 0 Å². The van der Waals surface area contributed by atoms with Gasteiger partial charge in [0.05, 0.1) is 79.8 Å². The maximum atomic E-state index is 15.1. The fraction of sp³-hybridized carbons (Fsp3) is 0.496. The van der Waals surface area contributed by atoms with Gasteiger partial charge in [-0.15, -0.1) is 0 Å². The smallest absolute Gasteiger partial charge is 0.243 e. The molecule has 9 rings (SSSR count). The van der Waals surface area contributed by atoms with Crippen LogP contribution in [0.15, 0.2) is 225 Å². The average Bonchev–Trinajstić information content (AvgIpc) is 1.63. The molecule has 7 aromatic carbocycles. The Morgan fingerprint density at radius 3 is 0.920 bits per heavy atom. The number of fused-ring (bicyclic) bond motifs is 1. The summed E-state index contributed by atoms with van der Waals surface area (Å²) in [4.78, 5) is 213. The first kappa shape index (κ1) is 122. The number of hydrogen-bond donors (Lipinski definition) is 9. The van der Waals surface area contributed by atoms with Crippen LogP contribution in [-0.4, -0.2) is 297 Å². The molecule has 34 nitrogen and oxygen atoms in total. The van der Waals surface area contributed by atoms with E-state index in [-0.39, 0.29) is 82.4 Å². The highest BCUT2D eigenvalue weighted by Gasteiger charge is 2.42. The fourth-order valence-corrected chi connectivity index (χ4v) is 20.4. The zero-order chi connectivity index (χ0) is 109. The van der Waals surface area contributed by atoms with Crippen LogP contribution in [0.25, 0.3) is 0 Å². The summed E-state index contributed by atoms with van der Waals surface area (Å²) in [6.45, 7) is 21.2. The fourth-order valence-electron chi connectivity index (χ4n) is 18.8. The van der Waals surface area contributed by atoms with Crippen LogP contribution in [0.5, 0.6) is 0 Å². The van der Waals surface area contributed by atoms with E-state index in [0.29, 0.717) is 121 Å². The number of unbranched alkanes of at least 4 members (excludes halogenated alkanes) is 6. The Balaban J connectivity index is 0.000000366. The third-order valence-corrected chi connectivity index (χ3v) is 29.7. The summed E-state index contributed by atoms with van der Waals surface area (Å²) < 4.78 is 0. The summed E-state index contributed by atoms with van der Waals surface area (Å²) in [6.07, 6.45) is 9.14. The van der Waals surface area contributed by atoms with Crippen molar-refractivity contribution in [3.05, 3.63) is 264 Å². The van der Waals surface area contributed by atoms with Crippen molar-refractivity contribution < 1.29 is 67.1 Å². The quantitative estimate of drug-likeness (QED) is 0.0160. The van der Waals surface area contributed by atoms with Crippen LogP contribution in [0.4, 0.5) is 0 Å². The zero-order valence-corrected chi connectivity index (χ0v) is 90.5. The van der Waals surface area contributed by atoms with Crippen molar-refractivity contribution in [2.24, 2.45) is 28.7 Å². The third kappa shape index (κ3) is 38.9. The summed E-state index contributed by atoms with van der Waals surface area (Å²) in [7, 11) is 0. The van der Waals surface area contributed by atoms with Crippen LogP contribution in [0.1, 0.15) is 247 Å². The van der Waals surface area contributed by atoms with Crippen molar-refractivity contribution in [2.45, 2.75) is 231 Å². The van der Waals surface area contributed by atoms with E-state index in [0.717, 1.165) is 82.6 Å². The Morgan fingerprint density at radius 1 is 0.340 bits per heavy atom. The second kappa shape index (κ2) is 64.9. The van der Waals surface area contributed by atoms with E-state index in [1.54, 1.807) is 18.7 Å². The van der Waals surface area contributed by atoms with Crippen LogP contribution < -0.4 is 49.9 Å². The maximum absolute atomic E-state index is 15.1. The van der Waals surface area contributed by atoms with Crippen LogP contribution in [0.2, 0.25) is 0 Å². The molecule has 814 valence electrons. The van der Waals surface area contributed by atoms with Crippen molar-refractivity contribution in [3.63, 3.8) is 0 Å². The molecular formula is C115H164N20O14S. The van der Waals surface area contributed by atoms with Crippen LogP contribution >= 0.6 is 11.8 Å². The predicted octanol–water partition coefficient (Wildman–Crippen LogP) is 10.8. The number of primary amides is 1. The highest BCUT2D eigenvalue weighted by Crippen LogP contribution is 2.36. The normalized spacial score (nSPS) is 14.9. The molecule has 1 unspecified atom stereocenters. The van der Waals surface area contributed by atoms with Crippen molar-refractivity contribution in [1.82, 2.24) is 75.2 Å². The molecule has 0 aromatic heterocycles. The van der Waals surface area contributed by atoms with Gasteiger partial charge in [0.25, 0.3) is 0 Å². The van der Waals surface area contributed by atoms with Crippen LogP contribution in [0.3, 0.4) is 0 Å². The van der Waals surface area contributed by atoms with Crippen molar-refractivity contribution in [1.29, 1.82) is 0 Å². The number of thioether (sulfide) groups is 1. The number of nitrogens with one attached hydrogen (secondary N) is 4. The summed E-state index contributed by atoms with van der Waals surface area (Å²) in [6, 6.07) is 60.9. The second-order valence-electron chi connectivity index (χ2n) is 38.8. The molecule has 2 heterocycles. The molecular weight excluding hydrogens is 1920 g/mol. The number of likely N-dealkylation sites (N-methyl/N-ethyl adjacent to an activating group) is 1. The minimum Gasteiger partial charge on any atom is -0.368 e. The molecule has 7 aromatic rings. The molecule has 2 fully saturated rings. The molecule has 0 spiro atoms. The van der Waals surface area contributed by atoms with Gasteiger partial charge in [0, 0.05) is 70.5 Å². The van der Waals surface area contributed by atoms with E-state index in [1.165, 1.54) is 62.8 Å². The number of benzene rings is 7. The zero-order valence-electron chi connectivity index (χ0n) is 89.7. The van der Waals surface area contributed by atoms with Gasteiger partial charge < -0.3 is 104 Å². The Morgan fingerprint density at radius 2 is 0.620 bits per heavy atom. The summed E-state index contributed by atoms with van der Waals surface area (Å²) in [5.41, 5.74) is 34.7. The maximum Gasteiger partial charge on any atom is 0.243 e. The molecule has 150 heavy (non-hydrogen) atoms. The van der Waals surface area contributed by atoms with Crippen LogP contribution in [-0.2, 0) is 67.1 Å². The Kier molecular flexibility index (Phi) is 52.7. The first-order valence-corrected chi connectivity index (χ1v) is 54.1. The van der Waals surface area contributed by atoms with Gasteiger partial charge in [-0.05, 0) is 204 Å². The number of nitrogens with two attached hydrogens (primary N) is 5. The van der Waals surface area contributed by atoms with E-state index < -0.39 is 140 Å². The van der Waals surface area contributed by atoms with E-state index in [4.69, 9.17) is 28.7 Å². The van der Waals surface area contributed by atoms with Gasteiger partial charge in [-0.3, -0.25) is 67.1 Å². The van der Waals surface area contributed by atoms with Gasteiger partial charge in [-0.1, -0.05) is 225 Å². The first-order chi connectivity index (χ1) is 72.1. The number of nitrogens with zero attached hydrogens (tertiary/aromatic N) is 11. The molecule has 0 saturated carbocycles. The summed E-state index contributed by atoms with van der Waals surface area (Å²) >= 11 is 1.96. The lowest BCUT2D eigenvalue weighted by Gasteiger charge is -2.37. The van der Waals surface area contributed by atoms with Crippen molar-refractivity contribution in [3.8, 4) is 0 Å². The average molecular weight is 2080 g/mol. The van der Waals surface area contributed by atoms with Crippen LogP contribution in [0, 0.1) is 0 Å². The highest BCUT2D eigenvalue weighted by atomic mass is 32.2. The molecule has 2 saturated heterocycles. The molecule has 0 bridgehead atoms. The van der Waals surface area contributed by atoms with Gasteiger partial charge in [0.1, 0.15) is 51.9 Å². The third-order valence-electron chi connectivity index (χ3n) is 28.2. The van der Waals surface area contributed by atoms with E-state index >= 15 is 4.79 Å². The van der Waals surface area contributed by atoms with E-state index in [2.05, 4.69) is 27.8 Å². The number of rotatable bonds is 63. The lowest BCUT2D eigenvalue weighted by molar-refractivity contribution is -0.150. The topological polar surface area (TPSA) is 453 Å². The molecule has 35 heteroatoms. The Labute approximate surface area is 891 Å². The Bertz CT molecular complexity index is 5380. The predicted molar refractivity (Wildman–Crippen MR) is 588 cm³/mol. The SMILES string of the molecule is C=C1N[C@H]2CSC(CCCCC(=O)NCCCC[C@H](NC(=O)CN(C(=O)CN(C(=O)CN(CCCCN)C(=O)CN(C(C)=O)[C@@H](C)c3ccccc3)[C@@H](C)c3ccccc3)[C@@H](C)c3ccccc3)C(N)=O)[C@H]2N1.CCN(CCCCN)C(=O)CN(C(=O)CN(C(=O)CN(CCCCN)C(=O)CN(C(=O)CN(CCCCN)C(=O)CN(C(C)=O)[C@@H](C)c1ccccc1)[C@@H](C)c1ccccc1)[C@@H](C)c1ccccc1)[C@@H](C)c1ccccc1. The molecule has 14 N–H and O–H groups in total.